The smallest absolute Gasteiger partial charge is 0.244 e. The second-order valence-corrected chi connectivity index (χ2v) is 12.9. The number of hydrogen-bond donors (Lipinski definition) is 1. The average molecular weight is 598 g/mol. The van der Waals surface area contributed by atoms with Crippen LogP contribution < -0.4 is 9.62 Å². The fourth-order valence-electron chi connectivity index (χ4n) is 4.49. The summed E-state index contributed by atoms with van der Waals surface area (Å²) in [6.45, 7) is 6.30. The number of amides is 2. The molecular weight excluding hydrogens is 558 g/mol. The molecule has 0 saturated heterocycles. The van der Waals surface area contributed by atoms with Crippen LogP contribution in [-0.4, -0.2) is 50.5 Å². The maximum atomic E-state index is 14.1. The molecule has 0 radical (unpaired) electrons. The van der Waals surface area contributed by atoms with Crippen LogP contribution in [0.3, 0.4) is 0 Å². The molecule has 0 spiro atoms. The third kappa shape index (κ3) is 9.61. The molecular formula is C32H40ClN3O4S. The second-order valence-electron chi connectivity index (χ2n) is 10.5. The molecule has 2 amide bonds. The van der Waals surface area contributed by atoms with Crippen molar-refractivity contribution in [3.63, 3.8) is 0 Å². The Hall–Kier alpha value is -3.36. The molecule has 3 aromatic carbocycles. The normalized spacial score (nSPS) is 12.1. The van der Waals surface area contributed by atoms with Crippen LogP contribution in [0.5, 0.6) is 0 Å². The molecule has 0 aliphatic rings. The first-order valence-corrected chi connectivity index (χ1v) is 16.2. The van der Waals surface area contributed by atoms with Gasteiger partial charge in [0, 0.05) is 24.5 Å². The van der Waals surface area contributed by atoms with E-state index < -0.39 is 28.5 Å². The summed E-state index contributed by atoms with van der Waals surface area (Å²) in [7, 11) is -3.81. The largest absolute Gasteiger partial charge is 0.354 e. The number of hydrogen-bond acceptors (Lipinski definition) is 4. The van der Waals surface area contributed by atoms with Gasteiger partial charge in [-0.3, -0.25) is 13.9 Å². The maximum absolute atomic E-state index is 14.1. The van der Waals surface area contributed by atoms with Crippen molar-refractivity contribution in [2.24, 2.45) is 0 Å². The predicted molar refractivity (Wildman–Crippen MR) is 167 cm³/mol. The molecule has 0 aliphatic carbocycles. The highest BCUT2D eigenvalue weighted by molar-refractivity contribution is 7.92. The Kier molecular flexibility index (Phi) is 11.8. The number of unbranched alkanes of at least 4 members (excludes halogenated alkanes) is 1. The van der Waals surface area contributed by atoms with Gasteiger partial charge in [0.05, 0.1) is 11.9 Å². The number of sulfonamides is 1. The van der Waals surface area contributed by atoms with Gasteiger partial charge >= 0.3 is 0 Å². The lowest BCUT2D eigenvalue weighted by atomic mass is 10.0. The lowest BCUT2D eigenvalue weighted by Crippen LogP contribution is -2.53. The van der Waals surface area contributed by atoms with E-state index in [9.17, 15) is 18.0 Å². The standard InChI is InChI=1S/C32H40ClN3O4S/c1-5-6-20-34-32(38)30(21-25-10-8-7-9-11-25)35(22-26-12-16-28(33)17-13-26)31(37)23-36(41(4,39)40)29-18-14-27(15-19-29)24(2)3/h7-19,24,30H,5-6,20-23H2,1-4H3,(H,34,38). The molecule has 1 N–H and O–H groups in total. The zero-order chi connectivity index (χ0) is 30.0. The zero-order valence-electron chi connectivity index (χ0n) is 24.2. The van der Waals surface area contributed by atoms with Crippen LogP contribution >= 0.6 is 11.6 Å². The summed E-state index contributed by atoms with van der Waals surface area (Å²) in [5, 5.41) is 3.53. The monoisotopic (exact) mass is 597 g/mol. The lowest BCUT2D eigenvalue weighted by Gasteiger charge is -2.33. The number of carbonyl (C=O) groups excluding carboxylic acids is 2. The number of halogens is 1. The fraction of sp³-hybridized carbons (Fsp3) is 0.375. The van der Waals surface area contributed by atoms with Crippen molar-refractivity contribution >= 4 is 39.1 Å². The minimum atomic E-state index is -3.81. The average Bonchev–Trinajstić information content (AvgIpc) is 2.94. The quantitative estimate of drug-likeness (QED) is 0.238. The third-order valence-corrected chi connectivity index (χ3v) is 8.29. The molecule has 0 aliphatic heterocycles. The van der Waals surface area contributed by atoms with Crippen molar-refractivity contribution in [3.8, 4) is 0 Å². The van der Waals surface area contributed by atoms with Crippen LogP contribution in [0.2, 0.25) is 5.02 Å². The minimum Gasteiger partial charge on any atom is -0.354 e. The molecule has 0 bridgehead atoms. The first-order valence-electron chi connectivity index (χ1n) is 13.9. The highest BCUT2D eigenvalue weighted by atomic mass is 35.5. The van der Waals surface area contributed by atoms with Crippen LogP contribution in [-0.2, 0) is 32.6 Å². The van der Waals surface area contributed by atoms with Crippen LogP contribution in [0.25, 0.3) is 0 Å². The summed E-state index contributed by atoms with van der Waals surface area (Å²) >= 11 is 6.10. The van der Waals surface area contributed by atoms with Crippen molar-refractivity contribution in [2.45, 2.75) is 58.5 Å². The third-order valence-electron chi connectivity index (χ3n) is 6.89. The van der Waals surface area contributed by atoms with Gasteiger partial charge in [-0.1, -0.05) is 93.4 Å². The Bertz CT molecular complexity index is 1380. The molecule has 0 fully saturated rings. The summed E-state index contributed by atoms with van der Waals surface area (Å²) < 4.78 is 27.0. The molecule has 3 aromatic rings. The Morgan fingerprint density at radius 3 is 2.10 bits per heavy atom. The van der Waals surface area contributed by atoms with Gasteiger partial charge in [-0.2, -0.15) is 0 Å². The van der Waals surface area contributed by atoms with E-state index >= 15 is 0 Å². The molecule has 1 atom stereocenters. The summed E-state index contributed by atoms with van der Waals surface area (Å²) in [4.78, 5) is 29.2. The van der Waals surface area contributed by atoms with Crippen LogP contribution in [0.4, 0.5) is 5.69 Å². The molecule has 41 heavy (non-hydrogen) atoms. The molecule has 0 saturated carbocycles. The highest BCUT2D eigenvalue weighted by Gasteiger charge is 2.33. The van der Waals surface area contributed by atoms with Gasteiger partial charge in [-0.25, -0.2) is 8.42 Å². The van der Waals surface area contributed by atoms with Gasteiger partial charge in [0.2, 0.25) is 21.8 Å². The van der Waals surface area contributed by atoms with E-state index in [-0.39, 0.29) is 24.8 Å². The van der Waals surface area contributed by atoms with E-state index in [1.807, 2.05) is 49.4 Å². The van der Waals surface area contributed by atoms with E-state index in [0.29, 0.717) is 17.3 Å². The van der Waals surface area contributed by atoms with E-state index in [2.05, 4.69) is 19.2 Å². The number of nitrogens with zero attached hydrogens (tertiary/aromatic N) is 2. The fourth-order valence-corrected chi connectivity index (χ4v) is 5.46. The number of benzene rings is 3. The van der Waals surface area contributed by atoms with Gasteiger partial charge in [0.15, 0.2) is 0 Å². The van der Waals surface area contributed by atoms with Crippen molar-refractivity contribution < 1.29 is 18.0 Å². The van der Waals surface area contributed by atoms with Gasteiger partial charge in [-0.05, 0) is 53.3 Å². The molecule has 1 unspecified atom stereocenters. The summed E-state index contributed by atoms with van der Waals surface area (Å²) in [5.74, 6) is -0.487. The van der Waals surface area contributed by atoms with Crippen molar-refractivity contribution in [2.75, 3.05) is 23.7 Å². The Labute approximate surface area is 249 Å². The Balaban J connectivity index is 2.02. The summed E-state index contributed by atoms with van der Waals surface area (Å²) in [5.41, 5.74) is 3.11. The minimum absolute atomic E-state index is 0.110. The van der Waals surface area contributed by atoms with Crippen LogP contribution in [0.1, 0.15) is 56.2 Å². The predicted octanol–water partition coefficient (Wildman–Crippen LogP) is 5.79. The van der Waals surface area contributed by atoms with E-state index in [1.165, 1.54) is 4.90 Å². The first kappa shape index (κ1) is 32.2. The summed E-state index contributed by atoms with van der Waals surface area (Å²) in [6, 6.07) is 22.9. The van der Waals surface area contributed by atoms with E-state index in [1.54, 1.807) is 36.4 Å². The lowest BCUT2D eigenvalue weighted by molar-refractivity contribution is -0.140. The molecule has 9 heteroatoms. The molecule has 0 heterocycles. The van der Waals surface area contributed by atoms with Gasteiger partial charge < -0.3 is 10.2 Å². The van der Waals surface area contributed by atoms with Gasteiger partial charge in [-0.15, -0.1) is 0 Å². The SMILES string of the molecule is CCCCNC(=O)C(Cc1ccccc1)N(Cc1ccc(Cl)cc1)C(=O)CN(c1ccc(C(C)C)cc1)S(C)(=O)=O. The van der Waals surface area contributed by atoms with Crippen LogP contribution in [0.15, 0.2) is 78.9 Å². The highest BCUT2D eigenvalue weighted by Crippen LogP contribution is 2.23. The first-order chi connectivity index (χ1) is 19.5. The number of carbonyl (C=O) groups is 2. The maximum Gasteiger partial charge on any atom is 0.244 e. The zero-order valence-corrected chi connectivity index (χ0v) is 25.8. The number of nitrogens with one attached hydrogen (secondary N) is 1. The molecule has 7 nitrogen and oxygen atoms in total. The second kappa shape index (κ2) is 15.0. The van der Waals surface area contributed by atoms with E-state index in [4.69, 9.17) is 11.6 Å². The Morgan fingerprint density at radius 1 is 0.902 bits per heavy atom. The van der Waals surface area contributed by atoms with Gasteiger partial charge in [0.25, 0.3) is 0 Å². The summed E-state index contributed by atoms with van der Waals surface area (Å²) in [6.07, 6.45) is 3.08. The van der Waals surface area contributed by atoms with E-state index in [0.717, 1.165) is 40.1 Å². The van der Waals surface area contributed by atoms with Crippen LogP contribution in [0, 0.1) is 0 Å². The van der Waals surface area contributed by atoms with Crippen molar-refractivity contribution in [3.05, 3.63) is 101 Å². The number of anilines is 1. The van der Waals surface area contributed by atoms with Gasteiger partial charge in [0.1, 0.15) is 12.6 Å². The molecule has 3 rings (SSSR count). The topological polar surface area (TPSA) is 86.8 Å². The molecule has 220 valence electrons. The Morgan fingerprint density at radius 2 is 1.54 bits per heavy atom. The van der Waals surface area contributed by atoms with Crippen molar-refractivity contribution in [1.82, 2.24) is 10.2 Å². The van der Waals surface area contributed by atoms with Crippen molar-refractivity contribution in [1.29, 1.82) is 0 Å². The number of rotatable bonds is 14. The molecule has 0 aromatic heterocycles.